The lowest BCUT2D eigenvalue weighted by Crippen LogP contribution is -2.03. The Bertz CT molecular complexity index is 494. The summed E-state index contributed by atoms with van der Waals surface area (Å²) >= 11 is 0. The van der Waals surface area contributed by atoms with E-state index in [9.17, 15) is 0 Å². The van der Waals surface area contributed by atoms with Crippen LogP contribution in [0.5, 0.6) is 0 Å². The quantitative estimate of drug-likeness (QED) is 0.700. The molecule has 0 fully saturated rings. The molecule has 2 rings (SSSR count). The van der Waals surface area contributed by atoms with E-state index in [-0.39, 0.29) is 0 Å². The van der Waals surface area contributed by atoms with Crippen LogP contribution in [0.2, 0.25) is 0 Å². The second kappa shape index (κ2) is 5.86. The third-order valence-corrected chi connectivity index (χ3v) is 3.72. The molecule has 0 saturated heterocycles. The molecule has 0 radical (unpaired) electrons. The molecule has 1 atom stereocenters. The summed E-state index contributed by atoms with van der Waals surface area (Å²) in [6, 6.07) is 17.7. The minimum Gasteiger partial charge on any atom is -0.0648 e. The predicted octanol–water partition coefficient (Wildman–Crippen LogP) is 5.04. The van der Waals surface area contributed by atoms with Crippen molar-refractivity contribution in [3.05, 3.63) is 70.8 Å². The van der Waals surface area contributed by atoms with Gasteiger partial charge in [-0.15, -0.1) is 0 Å². The van der Waals surface area contributed by atoms with Crippen molar-refractivity contribution in [2.75, 3.05) is 0 Å². The number of hydrogen-bond acceptors (Lipinski definition) is 0. The van der Waals surface area contributed by atoms with Crippen molar-refractivity contribution in [3.63, 3.8) is 0 Å². The molecule has 0 heterocycles. The van der Waals surface area contributed by atoms with Crippen LogP contribution in [0.4, 0.5) is 0 Å². The molecule has 0 amide bonds. The van der Waals surface area contributed by atoms with Gasteiger partial charge in [-0.3, -0.25) is 0 Å². The van der Waals surface area contributed by atoms with E-state index in [0.717, 1.165) is 6.42 Å². The zero-order valence-electron chi connectivity index (χ0n) is 11.6. The molecule has 0 heteroatoms. The lowest BCUT2D eigenvalue weighted by atomic mass is 9.87. The molecule has 1 unspecified atom stereocenters. The zero-order chi connectivity index (χ0) is 13.0. The summed E-state index contributed by atoms with van der Waals surface area (Å²) in [5.74, 6) is 0.633. The Morgan fingerprint density at radius 3 is 2.17 bits per heavy atom. The molecule has 2 aromatic rings. The standard InChI is InChI=1S/C18H22/c1-4-17(18-8-6-5-7-15(18)3)13-16-11-9-14(2)10-12-16/h5-12,17H,4,13H2,1-3H3. The van der Waals surface area contributed by atoms with Crippen LogP contribution in [0.25, 0.3) is 0 Å². The molecular weight excluding hydrogens is 216 g/mol. The Labute approximate surface area is 111 Å². The molecular formula is C18H22. The highest BCUT2D eigenvalue weighted by Crippen LogP contribution is 2.26. The van der Waals surface area contributed by atoms with Gasteiger partial charge in [0.15, 0.2) is 0 Å². The number of aryl methyl sites for hydroxylation is 2. The van der Waals surface area contributed by atoms with Crippen LogP contribution in [0.1, 0.15) is 41.5 Å². The second-order valence-electron chi connectivity index (χ2n) is 5.15. The maximum atomic E-state index is 2.28. The summed E-state index contributed by atoms with van der Waals surface area (Å²) in [7, 11) is 0. The fourth-order valence-corrected chi connectivity index (χ4v) is 2.53. The van der Waals surface area contributed by atoms with Gasteiger partial charge in [0.2, 0.25) is 0 Å². The maximum absolute atomic E-state index is 2.28. The van der Waals surface area contributed by atoms with Gasteiger partial charge in [-0.2, -0.15) is 0 Å². The molecule has 0 aliphatic carbocycles. The van der Waals surface area contributed by atoms with E-state index in [4.69, 9.17) is 0 Å². The van der Waals surface area contributed by atoms with Crippen LogP contribution in [-0.4, -0.2) is 0 Å². The zero-order valence-corrected chi connectivity index (χ0v) is 11.6. The van der Waals surface area contributed by atoms with Crippen LogP contribution in [-0.2, 0) is 6.42 Å². The summed E-state index contributed by atoms with van der Waals surface area (Å²) in [4.78, 5) is 0. The largest absolute Gasteiger partial charge is 0.0648 e. The molecule has 0 bridgehead atoms. The number of hydrogen-bond donors (Lipinski definition) is 0. The van der Waals surface area contributed by atoms with Gasteiger partial charge in [-0.05, 0) is 49.3 Å². The van der Waals surface area contributed by atoms with E-state index in [0.29, 0.717) is 5.92 Å². The Morgan fingerprint density at radius 2 is 1.56 bits per heavy atom. The van der Waals surface area contributed by atoms with Crippen LogP contribution in [0, 0.1) is 13.8 Å². The Hall–Kier alpha value is -1.56. The molecule has 0 nitrogen and oxygen atoms in total. The van der Waals surface area contributed by atoms with Gasteiger partial charge >= 0.3 is 0 Å². The smallest absolute Gasteiger partial charge is 0.0121 e. The first-order chi connectivity index (χ1) is 8.70. The SMILES string of the molecule is CCC(Cc1ccc(C)cc1)c1ccccc1C. The molecule has 0 spiro atoms. The van der Waals surface area contributed by atoms with E-state index in [1.807, 2.05) is 0 Å². The van der Waals surface area contributed by atoms with Gasteiger partial charge in [-0.25, -0.2) is 0 Å². The first kappa shape index (κ1) is 12.9. The highest BCUT2D eigenvalue weighted by Gasteiger charge is 2.12. The van der Waals surface area contributed by atoms with Gasteiger partial charge in [0, 0.05) is 0 Å². The van der Waals surface area contributed by atoms with Crippen molar-refractivity contribution in [2.24, 2.45) is 0 Å². The summed E-state index contributed by atoms with van der Waals surface area (Å²) in [5, 5.41) is 0. The monoisotopic (exact) mass is 238 g/mol. The van der Waals surface area contributed by atoms with E-state index in [1.54, 1.807) is 0 Å². The van der Waals surface area contributed by atoms with Crippen LogP contribution >= 0.6 is 0 Å². The lowest BCUT2D eigenvalue weighted by Gasteiger charge is -2.18. The number of benzene rings is 2. The predicted molar refractivity (Wildman–Crippen MR) is 79.1 cm³/mol. The third-order valence-electron chi connectivity index (χ3n) is 3.72. The molecule has 0 aliphatic heterocycles. The van der Waals surface area contributed by atoms with Crippen molar-refractivity contribution in [2.45, 2.75) is 39.5 Å². The lowest BCUT2D eigenvalue weighted by molar-refractivity contribution is 0.656. The Kier molecular flexibility index (Phi) is 4.19. The molecule has 0 saturated carbocycles. The van der Waals surface area contributed by atoms with Crippen molar-refractivity contribution < 1.29 is 0 Å². The molecule has 18 heavy (non-hydrogen) atoms. The third kappa shape index (κ3) is 3.01. The van der Waals surface area contributed by atoms with E-state index in [2.05, 4.69) is 69.3 Å². The first-order valence-electron chi connectivity index (χ1n) is 6.81. The van der Waals surface area contributed by atoms with Gasteiger partial charge in [0.05, 0.1) is 0 Å². The fraction of sp³-hybridized carbons (Fsp3) is 0.333. The van der Waals surface area contributed by atoms with E-state index < -0.39 is 0 Å². The Morgan fingerprint density at radius 1 is 0.889 bits per heavy atom. The van der Waals surface area contributed by atoms with E-state index in [1.165, 1.54) is 28.7 Å². The minimum absolute atomic E-state index is 0.633. The maximum Gasteiger partial charge on any atom is -0.0121 e. The van der Waals surface area contributed by atoms with Crippen LogP contribution < -0.4 is 0 Å². The van der Waals surface area contributed by atoms with Crippen molar-refractivity contribution in [1.29, 1.82) is 0 Å². The summed E-state index contributed by atoms with van der Waals surface area (Å²) in [6.45, 7) is 6.64. The van der Waals surface area contributed by atoms with Crippen LogP contribution in [0.15, 0.2) is 48.5 Å². The van der Waals surface area contributed by atoms with Crippen LogP contribution in [0.3, 0.4) is 0 Å². The second-order valence-corrected chi connectivity index (χ2v) is 5.15. The van der Waals surface area contributed by atoms with Gasteiger partial charge < -0.3 is 0 Å². The Balaban J connectivity index is 2.20. The first-order valence-corrected chi connectivity index (χ1v) is 6.81. The molecule has 2 aromatic carbocycles. The normalized spacial score (nSPS) is 12.4. The van der Waals surface area contributed by atoms with Gasteiger partial charge in [-0.1, -0.05) is 61.0 Å². The van der Waals surface area contributed by atoms with E-state index >= 15 is 0 Å². The van der Waals surface area contributed by atoms with Crippen molar-refractivity contribution in [3.8, 4) is 0 Å². The fourth-order valence-electron chi connectivity index (χ4n) is 2.53. The molecule has 0 aliphatic rings. The molecule has 94 valence electrons. The minimum atomic E-state index is 0.633. The van der Waals surface area contributed by atoms with Crippen molar-refractivity contribution >= 4 is 0 Å². The average molecular weight is 238 g/mol. The molecule has 0 N–H and O–H groups in total. The molecule has 0 aromatic heterocycles. The highest BCUT2D eigenvalue weighted by molar-refractivity contribution is 5.31. The summed E-state index contributed by atoms with van der Waals surface area (Å²) in [6.07, 6.45) is 2.33. The number of rotatable bonds is 4. The van der Waals surface area contributed by atoms with Gasteiger partial charge in [0.25, 0.3) is 0 Å². The summed E-state index contributed by atoms with van der Waals surface area (Å²) in [5.41, 5.74) is 5.69. The topological polar surface area (TPSA) is 0 Å². The van der Waals surface area contributed by atoms with Gasteiger partial charge in [0.1, 0.15) is 0 Å². The van der Waals surface area contributed by atoms with Crippen molar-refractivity contribution in [1.82, 2.24) is 0 Å². The average Bonchev–Trinajstić information content (AvgIpc) is 2.39. The highest BCUT2D eigenvalue weighted by atomic mass is 14.2. The summed E-state index contributed by atoms with van der Waals surface area (Å²) < 4.78 is 0.